The van der Waals surface area contributed by atoms with Crippen LogP contribution in [0.2, 0.25) is 10.0 Å². The highest BCUT2D eigenvalue weighted by Crippen LogP contribution is 2.23. The minimum absolute atomic E-state index is 0.116. The number of carbonyl (C=O) groups excluding carboxylic acids is 2. The van der Waals surface area contributed by atoms with Crippen LogP contribution in [-0.2, 0) is 4.79 Å². The van der Waals surface area contributed by atoms with Crippen molar-refractivity contribution < 1.29 is 14.0 Å². The van der Waals surface area contributed by atoms with Crippen LogP contribution in [0.1, 0.15) is 17.3 Å². The SMILES string of the molecule is CC(C(=O)Nc1cccc(F)c1)N1CCN(C(=O)c2ccc(Cl)c(Cl)c2)CC1. The van der Waals surface area contributed by atoms with Gasteiger partial charge in [-0.3, -0.25) is 14.5 Å². The first-order valence-corrected chi connectivity index (χ1v) is 9.65. The smallest absolute Gasteiger partial charge is 0.253 e. The minimum Gasteiger partial charge on any atom is -0.336 e. The highest BCUT2D eigenvalue weighted by atomic mass is 35.5. The number of hydrogen-bond donors (Lipinski definition) is 1. The van der Waals surface area contributed by atoms with Gasteiger partial charge in [0.05, 0.1) is 16.1 Å². The van der Waals surface area contributed by atoms with Crippen molar-refractivity contribution in [3.8, 4) is 0 Å². The first-order valence-electron chi connectivity index (χ1n) is 8.90. The van der Waals surface area contributed by atoms with E-state index in [4.69, 9.17) is 23.2 Å². The van der Waals surface area contributed by atoms with Crippen LogP contribution in [0, 0.1) is 5.82 Å². The van der Waals surface area contributed by atoms with Gasteiger partial charge in [-0.1, -0.05) is 29.3 Å². The van der Waals surface area contributed by atoms with Crippen molar-refractivity contribution in [3.63, 3.8) is 0 Å². The van der Waals surface area contributed by atoms with Crippen LogP contribution in [-0.4, -0.2) is 53.8 Å². The fourth-order valence-electron chi connectivity index (χ4n) is 3.10. The Kier molecular flexibility index (Phi) is 6.54. The zero-order valence-corrected chi connectivity index (χ0v) is 16.8. The molecular formula is C20H20Cl2FN3O2. The van der Waals surface area contributed by atoms with Gasteiger partial charge in [0.25, 0.3) is 5.91 Å². The van der Waals surface area contributed by atoms with Crippen molar-refractivity contribution in [3.05, 3.63) is 63.9 Å². The van der Waals surface area contributed by atoms with E-state index in [1.165, 1.54) is 12.1 Å². The van der Waals surface area contributed by atoms with E-state index in [-0.39, 0.29) is 11.8 Å². The lowest BCUT2D eigenvalue weighted by Crippen LogP contribution is -2.54. The lowest BCUT2D eigenvalue weighted by atomic mass is 10.1. The number of carbonyl (C=O) groups is 2. The molecule has 0 spiro atoms. The number of piperazine rings is 1. The van der Waals surface area contributed by atoms with Gasteiger partial charge < -0.3 is 10.2 Å². The Bertz CT molecular complexity index is 886. The first-order chi connectivity index (χ1) is 13.3. The predicted octanol–water partition coefficient (Wildman–Crippen LogP) is 3.92. The third-order valence-electron chi connectivity index (χ3n) is 4.79. The van der Waals surface area contributed by atoms with E-state index < -0.39 is 11.9 Å². The quantitative estimate of drug-likeness (QED) is 0.810. The largest absolute Gasteiger partial charge is 0.336 e. The second-order valence-electron chi connectivity index (χ2n) is 6.63. The zero-order chi connectivity index (χ0) is 20.3. The topological polar surface area (TPSA) is 52.7 Å². The van der Waals surface area contributed by atoms with Gasteiger partial charge in [-0.2, -0.15) is 0 Å². The van der Waals surface area contributed by atoms with Gasteiger partial charge in [0.15, 0.2) is 0 Å². The number of nitrogens with one attached hydrogen (secondary N) is 1. The maximum atomic E-state index is 13.3. The first kappa shape index (κ1) is 20.6. The molecule has 8 heteroatoms. The Hall–Kier alpha value is -2.15. The Morgan fingerprint density at radius 3 is 2.39 bits per heavy atom. The molecule has 2 amide bonds. The molecular weight excluding hydrogens is 404 g/mol. The second-order valence-corrected chi connectivity index (χ2v) is 7.45. The van der Waals surface area contributed by atoms with E-state index in [0.29, 0.717) is 47.5 Å². The fourth-order valence-corrected chi connectivity index (χ4v) is 3.40. The van der Waals surface area contributed by atoms with Crippen LogP contribution in [0.4, 0.5) is 10.1 Å². The van der Waals surface area contributed by atoms with Crippen LogP contribution < -0.4 is 5.32 Å². The molecule has 2 aromatic rings. The summed E-state index contributed by atoms with van der Waals surface area (Å²) in [5.74, 6) is -0.732. The molecule has 2 aromatic carbocycles. The van der Waals surface area contributed by atoms with Gasteiger partial charge in [-0.05, 0) is 43.3 Å². The van der Waals surface area contributed by atoms with Gasteiger partial charge in [-0.25, -0.2) is 4.39 Å². The van der Waals surface area contributed by atoms with Crippen molar-refractivity contribution in [1.29, 1.82) is 0 Å². The van der Waals surface area contributed by atoms with Crippen LogP contribution in [0.5, 0.6) is 0 Å². The summed E-state index contributed by atoms with van der Waals surface area (Å²) in [4.78, 5) is 28.8. The van der Waals surface area contributed by atoms with Crippen LogP contribution in [0.15, 0.2) is 42.5 Å². The zero-order valence-electron chi connectivity index (χ0n) is 15.3. The van der Waals surface area contributed by atoms with Gasteiger partial charge in [0, 0.05) is 37.4 Å². The molecule has 0 radical (unpaired) electrons. The highest BCUT2D eigenvalue weighted by molar-refractivity contribution is 6.42. The summed E-state index contributed by atoms with van der Waals surface area (Å²) >= 11 is 11.9. The fraction of sp³-hybridized carbons (Fsp3) is 0.300. The molecule has 1 N–H and O–H groups in total. The summed E-state index contributed by atoms with van der Waals surface area (Å²) < 4.78 is 13.3. The van der Waals surface area contributed by atoms with E-state index in [1.54, 1.807) is 42.2 Å². The van der Waals surface area contributed by atoms with Crippen molar-refractivity contribution in [1.82, 2.24) is 9.80 Å². The van der Waals surface area contributed by atoms with E-state index in [1.807, 2.05) is 4.90 Å². The molecule has 1 saturated heterocycles. The van der Waals surface area contributed by atoms with Crippen molar-refractivity contribution in [2.75, 3.05) is 31.5 Å². The summed E-state index contributed by atoms with van der Waals surface area (Å²) in [5.41, 5.74) is 0.907. The Balaban J connectivity index is 1.56. The van der Waals surface area contributed by atoms with Gasteiger partial charge in [0.1, 0.15) is 5.82 Å². The lowest BCUT2D eigenvalue weighted by molar-refractivity contribution is -0.121. The van der Waals surface area contributed by atoms with Gasteiger partial charge in [0.2, 0.25) is 5.91 Å². The molecule has 1 heterocycles. The number of amides is 2. The van der Waals surface area contributed by atoms with Crippen molar-refractivity contribution >= 4 is 40.7 Å². The average Bonchev–Trinajstić information content (AvgIpc) is 2.69. The van der Waals surface area contributed by atoms with Crippen LogP contribution >= 0.6 is 23.2 Å². The summed E-state index contributed by atoms with van der Waals surface area (Å²) in [7, 11) is 0. The van der Waals surface area contributed by atoms with Crippen LogP contribution in [0.25, 0.3) is 0 Å². The molecule has 1 fully saturated rings. The summed E-state index contributed by atoms with van der Waals surface area (Å²) in [6.45, 7) is 3.91. The molecule has 148 valence electrons. The number of nitrogens with zero attached hydrogens (tertiary/aromatic N) is 2. The van der Waals surface area contributed by atoms with Crippen LogP contribution in [0.3, 0.4) is 0 Å². The monoisotopic (exact) mass is 423 g/mol. The maximum Gasteiger partial charge on any atom is 0.253 e. The Morgan fingerprint density at radius 2 is 1.75 bits per heavy atom. The summed E-state index contributed by atoms with van der Waals surface area (Å²) in [5, 5.41) is 3.47. The molecule has 1 aliphatic rings. The molecule has 0 aliphatic carbocycles. The molecule has 0 aromatic heterocycles. The van der Waals surface area contributed by atoms with Crippen molar-refractivity contribution in [2.45, 2.75) is 13.0 Å². The molecule has 3 rings (SSSR count). The number of anilines is 1. The number of benzene rings is 2. The highest BCUT2D eigenvalue weighted by Gasteiger charge is 2.28. The molecule has 28 heavy (non-hydrogen) atoms. The molecule has 1 atom stereocenters. The molecule has 1 unspecified atom stereocenters. The number of rotatable bonds is 4. The summed E-state index contributed by atoms with van der Waals surface area (Å²) in [6, 6.07) is 10.2. The molecule has 1 aliphatic heterocycles. The second kappa shape index (κ2) is 8.90. The van der Waals surface area contributed by atoms with E-state index >= 15 is 0 Å². The Labute approximate surface area is 173 Å². The van der Waals surface area contributed by atoms with E-state index in [2.05, 4.69) is 5.32 Å². The molecule has 0 saturated carbocycles. The third-order valence-corrected chi connectivity index (χ3v) is 5.53. The Morgan fingerprint density at radius 1 is 1.04 bits per heavy atom. The number of halogens is 3. The van der Waals surface area contributed by atoms with E-state index in [9.17, 15) is 14.0 Å². The maximum absolute atomic E-state index is 13.3. The minimum atomic E-state index is -0.403. The average molecular weight is 424 g/mol. The van der Waals surface area contributed by atoms with E-state index in [0.717, 1.165) is 0 Å². The molecule has 0 bridgehead atoms. The lowest BCUT2D eigenvalue weighted by Gasteiger charge is -2.37. The van der Waals surface area contributed by atoms with Gasteiger partial charge in [-0.15, -0.1) is 0 Å². The summed E-state index contributed by atoms with van der Waals surface area (Å²) in [6.07, 6.45) is 0. The predicted molar refractivity (Wildman–Crippen MR) is 108 cm³/mol. The molecule has 5 nitrogen and oxygen atoms in total. The standard InChI is InChI=1S/C20H20Cl2FN3O2/c1-13(19(27)24-16-4-2-3-15(23)12-16)25-7-9-26(10-8-25)20(28)14-5-6-17(21)18(22)11-14/h2-6,11-13H,7-10H2,1H3,(H,24,27). The third kappa shape index (κ3) is 4.82. The van der Waals surface area contributed by atoms with Crippen molar-refractivity contribution in [2.24, 2.45) is 0 Å². The number of hydrogen-bond acceptors (Lipinski definition) is 3. The van der Waals surface area contributed by atoms with Gasteiger partial charge >= 0.3 is 0 Å². The normalized spacial score (nSPS) is 15.9.